The molecule has 0 aromatic carbocycles. The van der Waals surface area contributed by atoms with Crippen molar-refractivity contribution in [3.05, 3.63) is 35.7 Å². The summed E-state index contributed by atoms with van der Waals surface area (Å²) in [6, 6.07) is 3.43. The summed E-state index contributed by atoms with van der Waals surface area (Å²) in [6.07, 6.45) is 3.59. The minimum Gasteiger partial charge on any atom is -0.402 e. The van der Waals surface area contributed by atoms with Crippen LogP contribution in [-0.4, -0.2) is 64.0 Å². The van der Waals surface area contributed by atoms with Crippen molar-refractivity contribution in [3.8, 4) is 0 Å². The van der Waals surface area contributed by atoms with Crippen molar-refractivity contribution in [1.82, 2.24) is 14.8 Å². The topological polar surface area (TPSA) is 115 Å². The molecule has 0 aliphatic carbocycles. The first-order valence-electron chi connectivity index (χ1n) is 9.31. The van der Waals surface area contributed by atoms with Gasteiger partial charge in [0, 0.05) is 37.6 Å². The second-order valence-electron chi connectivity index (χ2n) is 8.22. The van der Waals surface area contributed by atoms with Gasteiger partial charge in [-0.1, -0.05) is 0 Å². The number of pyridine rings is 1. The van der Waals surface area contributed by atoms with Crippen LogP contribution in [0.1, 0.15) is 44.5 Å². The Balaban J connectivity index is 1.99. The van der Waals surface area contributed by atoms with Crippen LogP contribution in [0.2, 0.25) is 0 Å². The van der Waals surface area contributed by atoms with Crippen LogP contribution < -0.4 is 11.1 Å². The SMILES string of the molecule is CC(N)=CC(=N)C(=O)N(C)[C@H]1CCN(C(=O)c2ccc(NC(C)(C)C)nc2)C1. The van der Waals surface area contributed by atoms with Crippen molar-refractivity contribution >= 4 is 23.3 Å². The Morgan fingerprint density at radius 3 is 2.61 bits per heavy atom. The molecule has 0 unspecified atom stereocenters. The maximum absolute atomic E-state index is 12.8. The van der Waals surface area contributed by atoms with Crippen LogP contribution in [0.3, 0.4) is 0 Å². The molecule has 1 aromatic heterocycles. The molecule has 1 aromatic rings. The fourth-order valence-corrected chi connectivity index (χ4v) is 3.05. The molecule has 152 valence electrons. The van der Waals surface area contributed by atoms with Crippen molar-refractivity contribution in [1.29, 1.82) is 5.41 Å². The predicted molar refractivity (Wildman–Crippen MR) is 110 cm³/mol. The van der Waals surface area contributed by atoms with E-state index < -0.39 is 5.91 Å². The molecule has 8 nitrogen and oxygen atoms in total. The summed E-state index contributed by atoms with van der Waals surface area (Å²) < 4.78 is 0. The fourth-order valence-electron chi connectivity index (χ4n) is 3.05. The monoisotopic (exact) mass is 386 g/mol. The van der Waals surface area contributed by atoms with Gasteiger partial charge in [0.1, 0.15) is 11.5 Å². The summed E-state index contributed by atoms with van der Waals surface area (Å²) in [7, 11) is 1.66. The predicted octanol–water partition coefficient (Wildman–Crippen LogP) is 1.85. The number of anilines is 1. The number of hydrogen-bond acceptors (Lipinski definition) is 6. The van der Waals surface area contributed by atoms with Gasteiger partial charge in [-0.2, -0.15) is 0 Å². The van der Waals surface area contributed by atoms with Gasteiger partial charge in [-0.3, -0.25) is 15.0 Å². The Hall–Kier alpha value is -2.90. The number of amides is 2. The van der Waals surface area contributed by atoms with Crippen molar-refractivity contribution in [3.63, 3.8) is 0 Å². The van der Waals surface area contributed by atoms with Gasteiger partial charge in [-0.25, -0.2) is 4.98 Å². The van der Waals surface area contributed by atoms with E-state index in [1.54, 1.807) is 37.2 Å². The zero-order valence-electron chi connectivity index (χ0n) is 17.2. The largest absolute Gasteiger partial charge is 0.402 e. The molecule has 1 aliphatic rings. The normalized spacial score (nSPS) is 17.4. The number of likely N-dealkylation sites (N-methyl/N-ethyl adjacent to an activating group) is 1. The molecule has 2 amide bonds. The molecule has 1 atom stereocenters. The van der Waals surface area contributed by atoms with Crippen LogP contribution in [0.15, 0.2) is 30.1 Å². The first-order chi connectivity index (χ1) is 13.0. The summed E-state index contributed by atoms with van der Waals surface area (Å²) >= 11 is 0. The lowest BCUT2D eigenvalue weighted by molar-refractivity contribution is -0.124. The van der Waals surface area contributed by atoms with Gasteiger partial charge >= 0.3 is 0 Å². The van der Waals surface area contributed by atoms with Crippen LogP contribution in [0.4, 0.5) is 5.82 Å². The molecule has 1 saturated heterocycles. The van der Waals surface area contributed by atoms with E-state index in [-0.39, 0.29) is 23.2 Å². The van der Waals surface area contributed by atoms with Gasteiger partial charge in [-0.05, 0) is 52.3 Å². The van der Waals surface area contributed by atoms with Crippen molar-refractivity contribution in [2.75, 3.05) is 25.5 Å². The molecular formula is C20H30N6O2. The van der Waals surface area contributed by atoms with Gasteiger partial charge in [0.25, 0.3) is 11.8 Å². The van der Waals surface area contributed by atoms with Crippen LogP contribution in [-0.2, 0) is 4.79 Å². The Labute approximate surface area is 166 Å². The summed E-state index contributed by atoms with van der Waals surface area (Å²) in [5.41, 5.74) is 6.21. The average Bonchev–Trinajstić information content (AvgIpc) is 3.08. The van der Waals surface area contributed by atoms with E-state index in [1.165, 1.54) is 11.0 Å². The Morgan fingerprint density at radius 2 is 2.07 bits per heavy atom. The highest BCUT2D eigenvalue weighted by Gasteiger charge is 2.32. The number of nitrogens with one attached hydrogen (secondary N) is 2. The highest BCUT2D eigenvalue weighted by atomic mass is 16.2. The second kappa shape index (κ2) is 8.41. The molecular weight excluding hydrogens is 356 g/mol. The van der Waals surface area contributed by atoms with Gasteiger partial charge in [0.2, 0.25) is 0 Å². The Morgan fingerprint density at radius 1 is 1.39 bits per heavy atom. The number of allylic oxidation sites excluding steroid dienone is 1. The number of carbonyl (C=O) groups excluding carboxylic acids is 2. The lowest BCUT2D eigenvalue weighted by atomic mass is 10.1. The maximum Gasteiger partial charge on any atom is 0.271 e. The molecule has 0 radical (unpaired) electrons. The van der Waals surface area contributed by atoms with E-state index >= 15 is 0 Å². The number of nitrogens with zero attached hydrogens (tertiary/aromatic N) is 3. The van der Waals surface area contributed by atoms with Crippen molar-refractivity contribution in [2.24, 2.45) is 5.73 Å². The number of carbonyl (C=O) groups is 2. The first-order valence-corrected chi connectivity index (χ1v) is 9.31. The van der Waals surface area contributed by atoms with E-state index in [9.17, 15) is 9.59 Å². The molecule has 4 N–H and O–H groups in total. The maximum atomic E-state index is 12.8. The summed E-state index contributed by atoms with van der Waals surface area (Å²) in [6.45, 7) is 8.75. The van der Waals surface area contributed by atoms with Crippen molar-refractivity contribution < 1.29 is 9.59 Å². The van der Waals surface area contributed by atoms with Gasteiger partial charge in [0.05, 0.1) is 11.6 Å². The second-order valence-corrected chi connectivity index (χ2v) is 8.22. The molecule has 2 rings (SSSR count). The Bertz CT molecular complexity index is 775. The molecule has 2 heterocycles. The smallest absolute Gasteiger partial charge is 0.271 e. The molecule has 0 bridgehead atoms. The van der Waals surface area contributed by atoms with Crippen LogP contribution >= 0.6 is 0 Å². The molecule has 1 fully saturated rings. The number of rotatable bonds is 5. The number of nitrogens with two attached hydrogens (primary N) is 1. The zero-order valence-corrected chi connectivity index (χ0v) is 17.2. The number of aromatic nitrogens is 1. The lowest BCUT2D eigenvalue weighted by Gasteiger charge is -2.25. The fraction of sp³-hybridized carbons (Fsp3) is 0.500. The van der Waals surface area contributed by atoms with Crippen LogP contribution in [0, 0.1) is 5.41 Å². The van der Waals surface area contributed by atoms with E-state index in [4.69, 9.17) is 11.1 Å². The molecule has 0 spiro atoms. The molecule has 1 aliphatic heterocycles. The standard InChI is InChI=1S/C20H30N6O2/c1-13(21)10-16(22)19(28)25(5)15-8-9-26(12-15)18(27)14-6-7-17(23-11-14)24-20(2,3)4/h6-7,10-11,15,22H,8-9,12,21H2,1-5H3,(H,23,24)/t15-/m0/s1. The third-order valence-corrected chi connectivity index (χ3v) is 4.43. The van der Waals surface area contributed by atoms with Gasteiger partial charge in [-0.15, -0.1) is 0 Å². The minimum atomic E-state index is -0.400. The van der Waals surface area contributed by atoms with E-state index in [0.717, 1.165) is 5.82 Å². The molecule has 8 heteroatoms. The van der Waals surface area contributed by atoms with E-state index in [1.807, 2.05) is 20.8 Å². The summed E-state index contributed by atoms with van der Waals surface area (Å²) in [4.78, 5) is 32.7. The van der Waals surface area contributed by atoms with Crippen molar-refractivity contribution in [2.45, 2.75) is 45.7 Å². The Kier molecular flexibility index (Phi) is 6.43. The third-order valence-electron chi connectivity index (χ3n) is 4.43. The zero-order chi connectivity index (χ0) is 21.1. The summed E-state index contributed by atoms with van der Waals surface area (Å²) in [5, 5.41) is 11.1. The van der Waals surface area contributed by atoms with E-state index in [2.05, 4.69) is 10.3 Å². The first kappa shape index (κ1) is 21.4. The minimum absolute atomic E-state index is 0.106. The summed E-state index contributed by atoms with van der Waals surface area (Å²) in [5.74, 6) is 0.213. The molecule has 28 heavy (non-hydrogen) atoms. The van der Waals surface area contributed by atoms with Crippen LogP contribution in [0.25, 0.3) is 0 Å². The van der Waals surface area contributed by atoms with Crippen LogP contribution in [0.5, 0.6) is 0 Å². The third kappa shape index (κ3) is 5.55. The van der Waals surface area contributed by atoms with Gasteiger partial charge in [0.15, 0.2) is 0 Å². The quantitative estimate of drug-likeness (QED) is 0.668. The lowest BCUT2D eigenvalue weighted by Crippen LogP contribution is -2.42. The number of hydrogen-bond donors (Lipinski definition) is 3. The van der Waals surface area contributed by atoms with E-state index in [0.29, 0.717) is 30.8 Å². The van der Waals surface area contributed by atoms with Gasteiger partial charge < -0.3 is 20.9 Å². The molecule has 0 saturated carbocycles. The highest BCUT2D eigenvalue weighted by Crippen LogP contribution is 2.19. The highest BCUT2D eigenvalue weighted by molar-refractivity contribution is 6.42. The number of likely N-dealkylation sites (tertiary alicyclic amines) is 1. The average molecular weight is 387 g/mol.